The Balaban J connectivity index is 1.72. The molecule has 1 aliphatic rings. The second-order valence-electron chi connectivity index (χ2n) is 6.47. The lowest BCUT2D eigenvalue weighted by Gasteiger charge is -2.25. The van der Waals surface area contributed by atoms with Crippen LogP contribution in [-0.2, 0) is 37.8 Å². The molecule has 3 rings (SSSR count). The van der Waals surface area contributed by atoms with Crippen LogP contribution >= 0.6 is 0 Å². The van der Waals surface area contributed by atoms with Gasteiger partial charge in [-0.05, 0) is 23.8 Å². The van der Waals surface area contributed by atoms with Gasteiger partial charge in [0.1, 0.15) is 16.3 Å². The van der Waals surface area contributed by atoms with E-state index in [2.05, 4.69) is 4.74 Å². The smallest absolute Gasteiger partial charge is 0.360 e. The van der Waals surface area contributed by atoms with Crippen LogP contribution in [0, 0.1) is 0 Å². The van der Waals surface area contributed by atoms with Crippen LogP contribution in [0.15, 0.2) is 41.4 Å². The number of hydrogen-bond donors (Lipinski definition) is 0. The highest BCUT2D eigenvalue weighted by molar-refractivity contribution is 7.89. The molecule has 0 radical (unpaired) electrons. The molecule has 2 aromatic rings. The van der Waals surface area contributed by atoms with Crippen LogP contribution in [0.4, 0.5) is 0 Å². The molecule has 0 aliphatic carbocycles. The van der Waals surface area contributed by atoms with E-state index >= 15 is 0 Å². The van der Waals surface area contributed by atoms with Crippen molar-refractivity contribution in [1.82, 2.24) is 8.87 Å². The maximum Gasteiger partial charge on any atom is 0.360 e. The Bertz CT molecular complexity index is 990. The first-order valence-corrected chi connectivity index (χ1v) is 10.4. The number of hydrogen-bond acceptors (Lipinski definition) is 7. The number of aryl methyl sites for hydroxylation is 1. The van der Waals surface area contributed by atoms with Gasteiger partial charge in [-0.1, -0.05) is 12.1 Å². The van der Waals surface area contributed by atoms with Crippen molar-refractivity contribution >= 4 is 22.0 Å². The molecule has 1 fully saturated rings. The SMILES string of the molecule is COC(=O)Cc1ccc(OC(=O)c2cc(S(=O)(=O)N3CCOCC3)cn2C)cc1. The molecule has 9 nitrogen and oxygen atoms in total. The van der Waals surface area contributed by atoms with E-state index in [1.54, 1.807) is 31.3 Å². The Hall–Kier alpha value is -2.69. The third kappa shape index (κ3) is 4.84. The number of ether oxygens (including phenoxy) is 3. The van der Waals surface area contributed by atoms with Gasteiger partial charge in [0, 0.05) is 26.3 Å². The highest BCUT2D eigenvalue weighted by Gasteiger charge is 2.29. The predicted octanol–water partition coefficient (Wildman–Crippen LogP) is 0.981. The molecule has 1 aliphatic heterocycles. The third-order valence-electron chi connectivity index (χ3n) is 4.51. The molecule has 156 valence electrons. The van der Waals surface area contributed by atoms with Crippen molar-refractivity contribution in [1.29, 1.82) is 0 Å². The summed E-state index contributed by atoms with van der Waals surface area (Å²) in [5, 5.41) is 0. The normalized spacial score (nSPS) is 15.1. The van der Waals surface area contributed by atoms with Crippen LogP contribution < -0.4 is 4.74 Å². The fourth-order valence-corrected chi connectivity index (χ4v) is 4.37. The monoisotopic (exact) mass is 422 g/mol. The lowest BCUT2D eigenvalue weighted by atomic mass is 10.1. The first-order chi connectivity index (χ1) is 13.8. The number of methoxy groups -OCH3 is 1. The minimum atomic E-state index is -3.71. The quantitative estimate of drug-likeness (QED) is 0.505. The summed E-state index contributed by atoms with van der Waals surface area (Å²) in [5.74, 6) is -0.772. The van der Waals surface area contributed by atoms with Gasteiger partial charge < -0.3 is 18.8 Å². The third-order valence-corrected chi connectivity index (χ3v) is 6.37. The van der Waals surface area contributed by atoms with E-state index in [9.17, 15) is 18.0 Å². The molecule has 1 aromatic heterocycles. The average Bonchev–Trinajstić information content (AvgIpc) is 3.12. The summed E-state index contributed by atoms with van der Waals surface area (Å²) in [6, 6.07) is 7.73. The second kappa shape index (κ2) is 8.76. The molecule has 0 saturated carbocycles. The molecule has 10 heteroatoms. The Labute approximate surface area is 168 Å². The molecule has 0 bridgehead atoms. The van der Waals surface area contributed by atoms with Crippen molar-refractivity contribution in [2.75, 3.05) is 33.4 Å². The maximum atomic E-state index is 12.8. The summed E-state index contributed by atoms with van der Waals surface area (Å²) >= 11 is 0. The van der Waals surface area contributed by atoms with E-state index in [4.69, 9.17) is 9.47 Å². The number of esters is 2. The fourth-order valence-electron chi connectivity index (χ4n) is 2.89. The lowest BCUT2D eigenvalue weighted by molar-refractivity contribution is -0.139. The lowest BCUT2D eigenvalue weighted by Crippen LogP contribution is -2.40. The summed E-state index contributed by atoms with van der Waals surface area (Å²) in [5.41, 5.74) is 0.824. The van der Waals surface area contributed by atoms with Crippen molar-refractivity contribution < 1.29 is 32.2 Å². The number of carbonyl (C=O) groups is 2. The molecule has 1 saturated heterocycles. The minimum absolute atomic E-state index is 0.0299. The molecular weight excluding hydrogens is 400 g/mol. The number of nitrogens with zero attached hydrogens (tertiary/aromatic N) is 2. The van der Waals surface area contributed by atoms with Gasteiger partial charge in [-0.3, -0.25) is 4.79 Å². The molecule has 0 amide bonds. The largest absolute Gasteiger partial charge is 0.469 e. The summed E-state index contributed by atoms with van der Waals surface area (Å²) in [4.78, 5) is 23.8. The van der Waals surface area contributed by atoms with Crippen LogP contribution in [0.25, 0.3) is 0 Å². The number of morpholine rings is 1. The van der Waals surface area contributed by atoms with Crippen LogP contribution in [0.2, 0.25) is 0 Å². The van der Waals surface area contributed by atoms with Gasteiger partial charge in [0.15, 0.2) is 0 Å². The van der Waals surface area contributed by atoms with E-state index in [0.29, 0.717) is 13.2 Å². The van der Waals surface area contributed by atoms with Gasteiger partial charge in [-0.25, -0.2) is 13.2 Å². The molecule has 0 unspecified atom stereocenters. The second-order valence-corrected chi connectivity index (χ2v) is 8.41. The van der Waals surface area contributed by atoms with Crippen molar-refractivity contribution in [3.8, 4) is 5.75 Å². The number of benzene rings is 1. The highest BCUT2D eigenvalue weighted by atomic mass is 32.2. The van der Waals surface area contributed by atoms with Crippen molar-refractivity contribution in [2.24, 2.45) is 7.05 Å². The van der Waals surface area contributed by atoms with Crippen molar-refractivity contribution in [2.45, 2.75) is 11.3 Å². The summed E-state index contributed by atoms with van der Waals surface area (Å²) in [6.07, 6.45) is 1.51. The fraction of sp³-hybridized carbons (Fsp3) is 0.368. The number of sulfonamides is 1. The molecule has 29 heavy (non-hydrogen) atoms. The first-order valence-electron chi connectivity index (χ1n) is 8.93. The maximum absolute atomic E-state index is 12.8. The van der Waals surface area contributed by atoms with Crippen LogP contribution in [0.1, 0.15) is 16.1 Å². The molecule has 0 atom stereocenters. The van der Waals surface area contributed by atoms with E-state index in [1.807, 2.05) is 0 Å². The van der Waals surface area contributed by atoms with E-state index in [1.165, 1.54) is 28.2 Å². The van der Waals surface area contributed by atoms with E-state index < -0.39 is 16.0 Å². The highest BCUT2D eigenvalue weighted by Crippen LogP contribution is 2.21. The zero-order valence-corrected chi connectivity index (χ0v) is 17.0. The minimum Gasteiger partial charge on any atom is -0.469 e. The van der Waals surface area contributed by atoms with Gasteiger partial charge in [0.25, 0.3) is 0 Å². The summed E-state index contributed by atoms with van der Waals surface area (Å²) < 4.78 is 43.4. The molecule has 0 N–H and O–H groups in total. The van der Waals surface area contributed by atoms with E-state index in [-0.39, 0.29) is 41.8 Å². The van der Waals surface area contributed by atoms with Crippen molar-refractivity contribution in [3.05, 3.63) is 47.8 Å². The number of aromatic nitrogens is 1. The summed E-state index contributed by atoms with van der Waals surface area (Å²) in [6.45, 7) is 1.23. The van der Waals surface area contributed by atoms with Gasteiger partial charge >= 0.3 is 11.9 Å². The molecule has 1 aromatic carbocycles. The Kier molecular flexibility index (Phi) is 6.36. The van der Waals surface area contributed by atoms with Gasteiger partial charge in [0.05, 0.1) is 26.7 Å². The van der Waals surface area contributed by atoms with Crippen LogP contribution in [0.3, 0.4) is 0 Å². The molecular formula is C19H22N2O7S. The average molecular weight is 422 g/mol. The van der Waals surface area contributed by atoms with Gasteiger partial charge in [-0.15, -0.1) is 0 Å². The van der Waals surface area contributed by atoms with Crippen molar-refractivity contribution in [3.63, 3.8) is 0 Å². The van der Waals surface area contributed by atoms with Gasteiger partial charge in [0.2, 0.25) is 10.0 Å². The van der Waals surface area contributed by atoms with E-state index in [0.717, 1.165) is 5.56 Å². The number of rotatable bonds is 6. The Morgan fingerprint density at radius 2 is 1.79 bits per heavy atom. The number of carbonyl (C=O) groups excluding carboxylic acids is 2. The Morgan fingerprint density at radius 3 is 2.41 bits per heavy atom. The zero-order valence-electron chi connectivity index (χ0n) is 16.2. The van der Waals surface area contributed by atoms with Crippen LogP contribution in [-0.4, -0.2) is 62.6 Å². The summed E-state index contributed by atoms with van der Waals surface area (Å²) in [7, 11) is -0.820. The Morgan fingerprint density at radius 1 is 1.14 bits per heavy atom. The molecule has 0 spiro atoms. The topological polar surface area (TPSA) is 104 Å². The predicted molar refractivity (Wildman–Crippen MR) is 102 cm³/mol. The van der Waals surface area contributed by atoms with Gasteiger partial charge in [-0.2, -0.15) is 4.31 Å². The standard InChI is InChI=1S/C19H22N2O7S/c1-20-13-16(29(24,25)21-7-9-27-10-8-21)12-17(20)19(23)28-15-5-3-14(4-6-15)11-18(22)26-2/h3-6,12-13H,7-11H2,1-2H3. The first kappa shape index (κ1) is 21.0. The van der Waals surface area contributed by atoms with Crippen LogP contribution in [0.5, 0.6) is 5.75 Å². The molecule has 2 heterocycles. The zero-order chi connectivity index (χ0) is 21.0.